The summed E-state index contributed by atoms with van der Waals surface area (Å²) in [5.41, 5.74) is 1.55. The summed E-state index contributed by atoms with van der Waals surface area (Å²) in [5.74, 6) is -0.0238. The van der Waals surface area contributed by atoms with Gasteiger partial charge >= 0.3 is 0 Å². The maximum Gasteiger partial charge on any atom is 0.264 e. The molecule has 0 aromatic heterocycles. The maximum atomic E-state index is 13.5. The van der Waals surface area contributed by atoms with Crippen molar-refractivity contribution in [1.82, 2.24) is 14.7 Å². The van der Waals surface area contributed by atoms with Crippen molar-refractivity contribution in [1.29, 1.82) is 0 Å². The molecule has 0 spiro atoms. The van der Waals surface area contributed by atoms with Gasteiger partial charge in [-0.15, -0.1) is 0 Å². The molecule has 0 N–H and O–H groups in total. The van der Waals surface area contributed by atoms with E-state index in [1.54, 1.807) is 55.1 Å². The molecule has 188 valence electrons. The Kier molecular flexibility index (Phi) is 7.76. The van der Waals surface area contributed by atoms with Crippen molar-refractivity contribution in [2.75, 3.05) is 56.7 Å². The average molecular weight is 499 g/mol. The fraction of sp³-hybridized carbons (Fsp3) is 0.462. The minimum atomic E-state index is -3.84. The van der Waals surface area contributed by atoms with Crippen molar-refractivity contribution < 1.29 is 18.0 Å². The molecule has 0 atom stereocenters. The molecule has 0 saturated carbocycles. The maximum absolute atomic E-state index is 13.5. The number of sulfonamides is 1. The molecule has 4 rings (SSSR count). The van der Waals surface area contributed by atoms with Crippen molar-refractivity contribution in [2.24, 2.45) is 0 Å². The number of rotatable bonds is 7. The van der Waals surface area contributed by atoms with Crippen molar-refractivity contribution >= 4 is 27.5 Å². The van der Waals surface area contributed by atoms with E-state index in [1.165, 1.54) is 10.4 Å². The third kappa shape index (κ3) is 5.51. The third-order valence-corrected chi connectivity index (χ3v) is 8.86. The highest BCUT2D eigenvalue weighted by atomic mass is 32.2. The lowest BCUT2D eigenvalue weighted by molar-refractivity contribution is -0.131. The molecule has 2 fully saturated rings. The molecule has 0 aliphatic carbocycles. The van der Waals surface area contributed by atoms with Crippen LogP contribution >= 0.6 is 0 Å². The van der Waals surface area contributed by atoms with E-state index in [0.29, 0.717) is 49.5 Å². The van der Waals surface area contributed by atoms with Crippen LogP contribution in [0, 0.1) is 6.92 Å². The molecule has 2 amide bonds. The molecular formula is C26H34N4O4S. The second kappa shape index (κ2) is 10.8. The minimum Gasteiger partial charge on any atom is -0.342 e. The highest BCUT2D eigenvalue weighted by Crippen LogP contribution is 2.27. The lowest BCUT2D eigenvalue weighted by Crippen LogP contribution is -2.51. The summed E-state index contributed by atoms with van der Waals surface area (Å²) in [6.45, 7) is 8.16. The Morgan fingerprint density at radius 2 is 1.54 bits per heavy atom. The predicted octanol–water partition coefficient (Wildman–Crippen LogP) is 2.59. The lowest BCUT2D eigenvalue weighted by Gasteiger charge is -2.35. The Morgan fingerprint density at radius 3 is 2.17 bits per heavy atom. The molecule has 0 bridgehead atoms. The molecule has 35 heavy (non-hydrogen) atoms. The number of likely N-dealkylation sites (tertiary alicyclic amines) is 1. The Labute approximate surface area is 208 Å². The number of anilines is 1. The van der Waals surface area contributed by atoms with Crippen LogP contribution in [0.1, 0.15) is 35.7 Å². The van der Waals surface area contributed by atoms with Gasteiger partial charge in [0.05, 0.1) is 17.1 Å². The largest absolute Gasteiger partial charge is 0.342 e. The molecule has 2 aromatic rings. The van der Waals surface area contributed by atoms with Crippen molar-refractivity contribution in [3.8, 4) is 0 Å². The van der Waals surface area contributed by atoms with Crippen LogP contribution in [0.3, 0.4) is 0 Å². The van der Waals surface area contributed by atoms with Gasteiger partial charge in [0.1, 0.15) is 0 Å². The lowest BCUT2D eigenvalue weighted by atomic mass is 10.1. The van der Waals surface area contributed by atoms with E-state index in [9.17, 15) is 18.0 Å². The summed E-state index contributed by atoms with van der Waals surface area (Å²) in [4.78, 5) is 31.6. The molecule has 0 radical (unpaired) electrons. The first kappa shape index (κ1) is 25.2. The molecule has 9 heteroatoms. The van der Waals surface area contributed by atoms with Gasteiger partial charge < -0.3 is 9.80 Å². The van der Waals surface area contributed by atoms with Crippen LogP contribution < -0.4 is 4.31 Å². The van der Waals surface area contributed by atoms with Crippen LogP contribution in [0.5, 0.6) is 0 Å². The Bertz CT molecular complexity index is 1160. The van der Waals surface area contributed by atoms with Gasteiger partial charge in [-0.2, -0.15) is 0 Å². The van der Waals surface area contributed by atoms with Gasteiger partial charge in [-0.05, 0) is 56.5 Å². The van der Waals surface area contributed by atoms with E-state index in [0.717, 1.165) is 25.9 Å². The summed E-state index contributed by atoms with van der Waals surface area (Å²) in [6.07, 6.45) is 2.15. The normalized spacial score (nSPS) is 17.0. The zero-order chi connectivity index (χ0) is 25.0. The van der Waals surface area contributed by atoms with E-state index in [-0.39, 0.29) is 23.3 Å². The summed E-state index contributed by atoms with van der Waals surface area (Å²) in [6, 6.07) is 13.9. The highest BCUT2D eigenvalue weighted by Gasteiger charge is 2.29. The molecule has 2 aliphatic heterocycles. The smallest absolute Gasteiger partial charge is 0.264 e. The number of amides is 2. The summed E-state index contributed by atoms with van der Waals surface area (Å²) in [7, 11) is -3.84. The van der Waals surface area contributed by atoms with Crippen molar-refractivity contribution in [2.45, 2.75) is 31.6 Å². The molecule has 2 aliphatic rings. The first-order valence-electron chi connectivity index (χ1n) is 12.3. The molecule has 0 unspecified atom stereocenters. The topological polar surface area (TPSA) is 81.2 Å². The van der Waals surface area contributed by atoms with Crippen LogP contribution in [0.15, 0.2) is 53.4 Å². The molecule has 2 saturated heterocycles. The number of carbonyl (C=O) groups excluding carboxylic acids is 2. The SMILES string of the molecule is CCN(c1ccccc1)S(=O)(=O)c1cc(C(=O)N2CCN(CC(=O)N3CCCC3)CC2)ccc1C. The average Bonchev–Trinajstić information content (AvgIpc) is 3.41. The zero-order valence-electron chi connectivity index (χ0n) is 20.5. The number of para-hydroxylation sites is 1. The quantitative estimate of drug-likeness (QED) is 0.586. The van der Waals surface area contributed by atoms with Crippen LogP contribution in [0.4, 0.5) is 5.69 Å². The number of piperazine rings is 1. The molecule has 2 aromatic carbocycles. The van der Waals surface area contributed by atoms with Gasteiger partial charge in [0.2, 0.25) is 5.91 Å². The summed E-state index contributed by atoms with van der Waals surface area (Å²) >= 11 is 0. The van der Waals surface area contributed by atoms with Crippen LogP contribution in [-0.4, -0.2) is 87.3 Å². The molecule has 2 heterocycles. The number of hydrogen-bond acceptors (Lipinski definition) is 5. The van der Waals surface area contributed by atoms with Gasteiger partial charge in [-0.25, -0.2) is 8.42 Å². The van der Waals surface area contributed by atoms with E-state index in [2.05, 4.69) is 4.90 Å². The zero-order valence-corrected chi connectivity index (χ0v) is 21.3. The van der Waals surface area contributed by atoms with Crippen molar-refractivity contribution in [3.05, 3.63) is 59.7 Å². The first-order chi connectivity index (χ1) is 16.8. The van der Waals surface area contributed by atoms with Gasteiger partial charge in [0.15, 0.2) is 0 Å². The van der Waals surface area contributed by atoms with E-state index in [1.807, 2.05) is 11.0 Å². The van der Waals surface area contributed by atoms with Crippen LogP contribution in [0.2, 0.25) is 0 Å². The molecule has 8 nitrogen and oxygen atoms in total. The number of aryl methyl sites for hydroxylation is 1. The third-order valence-electron chi connectivity index (χ3n) is 6.81. The highest BCUT2D eigenvalue weighted by molar-refractivity contribution is 7.92. The molecular weight excluding hydrogens is 464 g/mol. The minimum absolute atomic E-state index is 0.142. The van der Waals surface area contributed by atoms with Gasteiger partial charge in [0, 0.05) is 51.4 Å². The summed E-state index contributed by atoms with van der Waals surface area (Å²) in [5, 5.41) is 0. The standard InChI is InChI=1S/C26H34N4O4S/c1-3-30(23-9-5-4-6-10-23)35(33,34)24-19-22(12-11-21(24)2)26(32)29-17-15-27(16-18-29)20-25(31)28-13-7-8-14-28/h4-6,9-12,19H,3,7-8,13-18,20H2,1-2H3. The van der Waals surface area contributed by atoms with E-state index >= 15 is 0 Å². The first-order valence-corrected chi connectivity index (χ1v) is 13.7. The second-order valence-electron chi connectivity index (χ2n) is 9.14. The van der Waals surface area contributed by atoms with E-state index in [4.69, 9.17) is 0 Å². The fourth-order valence-corrected chi connectivity index (χ4v) is 6.49. The Balaban J connectivity index is 1.45. The van der Waals surface area contributed by atoms with Crippen LogP contribution in [-0.2, 0) is 14.8 Å². The number of nitrogens with zero attached hydrogens (tertiary/aromatic N) is 4. The van der Waals surface area contributed by atoms with Gasteiger partial charge in [-0.1, -0.05) is 24.3 Å². The number of benzene rings is 2. The van der Waals surface area contributed by atoms with E-state index < -0.39 is 10.0 Å². The predicted molar refractivity (Wildman–Crippen MR) is 136 cm³/mol. The number of hydrogen-bond donors (Lipinski definition) is 0. The van der Waals surface area contributed by atoms with Gasteiger partial charge in [0.25, 0.3) is 15.9 Å². The monoisotopic (exact) mass is 498 g/mol. The fourth-order valence-electron chi connectivity index (χ4n) is 4.76. The van der Waals surface area contributed by atoms with Gasteiger partial charge in [-0.3, -0.25) is 18.8 Å². The second-order valence-corrected chi connectivity index (χ2v) is 11.0. The summed E-state index contributed by atoms with van der Waals surface area (Å²) < 4.78 is 28.5. The number of carbonyl (C=O) groups is 2. The van der Waals surface area contributed by atoms with Crippen LogP contribution in [0.25, 0.3) is 0 Å². The Hall–Kier alpha value is -2.91. The Morgan fingerprint density at radius 1 is 0.886 bits per heavy atom. The van der Waals surface area contributed by atoms with Crippen molar-refractivity contribution in [3.63, 3.8) is 0 Å².